The molecule has 0 radical (unpaired) electrons. The number of aromatic amines is 1. The van der Waals surface area contributed by atoms with Crippen LogP contribution in [-0.4, -0.2) is 38.8 Å². The highest BCUT2D eigenvalue weighted by Crippen LogP contribution is 2.21. The summed E-state index contributed by atoms with van der Waals surface area (Å²) in [7, 11) is 0. The molecule has 0 fully saturated rings. The van der Waals surface area contributed by atoms with Crippen LogP contribution in [0, 0.1) is 13.8 Å². The molecule has 1 N–H and O–H groups in total. The Labute approximate surface area is 171 Å². The second-order valence-corrected chi connectivity index (χ2v) is 7.48. The number of aromatic nitrogens is 3. The largest absolute Gasteiger partial charge is 0.454 e. The van der Waals surface area contributed by atoms with Crippen molar-refractivity contribution < 1.29 is 23.6 Å². The summed E-state index contributed by atoms with van der Waals surface area (Å²) in [6, 6.07) is 1.88. The van der Waals surface area contributed by atoms with E-state index >= 15 is 0 Å². The van der Waals surface area contributed by atoms with Crippen LogP contribution in [0.25, 0.3) is 11.4 Å². The van der Waals surface area contributed by atoms with Gasteiger partial charge in [-0.3, -0.25) is 14.4 Å². The molecule has 0 saturated carbocycles. The average molecular weight is 415 g/mol. The van der Waals surface area contributed by atoms with Crippen molar-refractivity contribution in [3.05, 3.63) is 45.2 Å². The van der Waals surface area contributed by atoms with Gasteiger partial charge in [0.2, 0.25) is 17.5 Å². The lowest BCUT2D eigenvalue weighted by Gasteiger charge is -2.11. The van der Waals surface area contributed by atoms with Crippen molar-refractivity contribution in [3.63, 3.8) is 0 Å². The molecule has 0 aliphatic rings. The second kappa shape index (κ2) is 8.52. The molecule has 0 spiro atoms. The molecule has 0 saturated heterocycles. The Morgan fingerprint density at radius 1 is 1.31 bits per heavy atom. The lowest BCUT2D eigenvalue weighted by Crippen LogP contribution is -2.25. The predicted octanol–water partition coefficient (Wildman–Crippen LogP) is 3.69. The number of nitrogens with one attached hydrogen (secondary N) is 1. The Hall–Kier alpha value is -3.07. The van der Waals surface area contributed by atoms with Gasteiger partial charge in [0.05, 0.1) is 12.1 Å². The average Bonchev–Trinajstić information content (AvgIpc) is 3.39. The molecule has 3 aromatic heterocycles. The number of thiophene rings is 1. The lowest BCUT2D eigenvalue weighted by molar-refractivity contribution is -0.146. The maximum absolute atomic E-state index is 12.6. The molecule has 0 aliphatic carbocycles. The summed E-state index contributed by atoms with van der Waals surface area (Å²) in [4.78, 5) is 43.7. The van der Waals surface area contributed by atoms with Gasteiger partial charge in [0, 0.05) is 28.6 Å². The molecule has 0 aromatic carbocycles. The molecule has 1 atom stereocenters. The monoisotopic (exact) mass is 415 g/mol. The summed E-state index contributed by atoms with van der Waals surface area (Å²) in [6.45, 7) is 6.38. The second-order valence-electron chi connectivity index (χ2n) is 6.70. The third-order valence-corrected chi connectivity index (χ3v) is 5.19. The predicted molar refractivity (Wildman–Crippen MR) is 106 cm³/mol. The fourth-order valence-electron chi connectivity index (χ4n) is 3.11. The standard InChI is InChI=1S/C20H21N3O5S/c1-10-17(12(3)24)11(2)21-18(10)19(26)13(4)27-16(25)6-5-15-22-20(23-28-15)14-7-8-29-9-14/h7-9,13,21H,5-6H2,1-4H3/t13-/m1/s1. The zero-order chi connectivity index (χ0) is 21.1. The van der Waals surface area contributed by atoms with Crippen LogP contribution in [0.3, 0.4) is 0 Å². The Morgan fingerprint density at radius 3 is 2.69 bits per heavy atom. The normalized spacial score (nSPS) is 12.0. The number of hydrogen-bond donors (Lipinski definition) is 1. The number of carbonyl (C=O) groups is 3. The molecule has 0 aliphatic heterocycles. The van der Waals surface area contributed by atoms with Gasteiger partial charge >= 0.3 is 5.97 Å². The summed E-state index contributed by atoms with van der Waals surface area (Å²) < 4.78 is 10.4. The first-order valence-electron chi connectivity index (χ1n) is 9.06. The van der Waals surface area contributed by atoms with Crippen LogP contribution in [0.15, 0.2) is 21.3 Å². The molecule has 3 aromatic rings. The lowest BCUT2D eigenvalue weighted by atomic mass is 10.0. The van der Waals surface area contributed by atoms with Crippen LogP contribution in [0.4, 0.5) is 0 Å². The Kier molecular flexibility index (Phi) is 6.07. The van der Waals surface area contributed by atoms with Gasteiger partial charge in [0.15, 0.2) is 11.9 Å². The zero-order valence-electron chi connectivity index (χ0n) is 16.6. The third kappa shape index (κ3) is 4.51. The van der Waals surface area contributed by atoms with Crippen molar-refractivity contribution in [2.75, 3.05) is 0 Å². The third-order valence-electron chi connectivity index (χ3n) is 4.50. The number of ether oxygens (including phenoxy) is 1. The summed E-state index contributed by atoms with van der Waals surface area (Å²) >= 11 is 1.53. The molecular weight excluding hydrogens is 394 g/mol. The van der Waals surface area contributed by atoms with Crippen molar-refractivity contribution in [1.82, 2.24) is 15.1 Å². The SMILES string of the molecule is CC(=O)c1c(C)[nH]c(C(=O)[C@@H](C)OC(=O)CCc2nc(-c3ccsc3)no2)c1C. The Bertz CT molecular complexity index is 1050. The van der Waals surface area contributed by atoms with Crippen LogP contribution >= 0.6 is 11.3 Å². The van der Waals surface area contributed by atoms with E-state index < -0.39 is 12.1 Å². The molecule has 0 amide bonds. The van der Waals surface area contributed by atoms with Crippen molar-refractivity contribution in [3.8, 4) is 11.4 Å². The number of Topliss-reactive ketones (excluding diaryl/α,β-unsaturated/α-hetero) is 2. The van der Waals surface area contributed by atoms with Crippen molar-refractivity contribution in [1.29, 1.82) is 0 Å². The summed E-state index contributed by atoms with van der Waals surface area (Å²) in [6.07, 6.45) is -0.765. The molecule has 29 heavy (non-hydrogen) atoms. The van der Waals surface area contributed by atoms with Gasteiger partial charge in [-0.25, -0.2) is 0 Å². The van der Waals surface area contributed by atoms with Gasteiger partial charge in [-0.1, -0.05) is 5.16 Å². The molecule has 152 valence electrons. The fourth-order valence-corrected chi connectivity index (χ4v) is 3.75. The molecular formula is C20H21N3O5S. The van der Waals surface area contributed by atoms with Gasteiger partial charge in [-0.2, -0.15) is 16.3 Å². The molecule has 3 heterocycles. The quantitative estimate of drug-likeness (QED) is 0.440. The van der Waals surface area contributed by atoms with Crippen LogP contribution in [0.2, 0.25) is 0 Å². The van der Waals surface area contributed by atoms with E-state index in [1.54, 1.807) is 13.8 Å². The van der Waals surface area contributed by atoms with Crippen molar-refractivity contribution in [2.24, 2.45) is 0 Å². The number of rotatable bonds is 8. The first-order chi connectivity index (χ1) is 13.8. The number of aryl methyl sites for hydroxylation is 2. The van der Waals surface area contributed by atoms with E-state index in [0.717, 1.165) is 5.56 Å². The van der Waals surface area contributed by atoms with Crippen LogP contribution in [-0.2, 0) is 16.0 Å². The number of esters is 1. The smallest absolute Gasteiger partial charge is 0.307 e. The van der Waals surface area contributed by atoms with E-state index in [4.69, 9.17) is 9.26 Å². The van der Waals surface area contributed by atoms with Crippen LogP contribution in [0.5, 0.6) is 0 Å². The topological polar surface area (TPSA) is 115 Å². The molecule has 9 heteroatoms. The fraction of sp³-hybridized carbons (Fsp3) is 0.350. The first-order valence-corrected chi connectivity index (χ1v) is 10.0. The van der Waals surface area contributed by atoms with E-state index in [-0.39, 0.29) is 30.1 Å². The minimum Gasteiger partial charge on any atom is -0.454 e. The Morgan fingerprint density at radius 2 is 2.07 bits per heavy atom. The molecule has 0 unspecified atom stereocenters. The highest BCUT2D eigenvalue weighted by Gasteiger charge is 2.26. The minimum absolute atomic E-state index is 0.00429. The van der Waals surface area contributed by atoms with Crippen LogP contribution in [0.1, 0.15) is 58.3 Å². The van der Waals surface area contributed by atoms with E-state index in [1.807, 2.05) is 16.8 Å². The molecule has 3 rings (SSSR count). The van der Waals surface area contributed by atoms with Gasteiger partial charge in [-0.15, -0.1) is 0 Å². The number of nitrogens with zero attached hydrogens (tertiary/aromatic N) is 2. The first kappa shape index (κ1) is 20.7. The van der Waals surface area contributed by atoms with E-state index in [2.05, 4.69) is 15.1 Å². The number of ketones is 2. The number of H-pyrrole nitrogens is 1. The van der Waals surface area contributed by atoms with Crippen molar-refractivity contribution in [2.45, 2.75) is 46.6 Å². The molecule has 0 bridgehead atoms. The van der Waals surface area contributed by atoms with Gasteiger partial charge < -0.3 is 14.2 Å². The van der Waals surface area contributed by atoms with Crippen molar-refractivity contribution >= 4 is 28.9 Å². The maximum atomic E-state index is 12.6. The van der Waals surface area contributed by atoms with Crippen LogP contribution < -0.4 is 0 Å². The van der Waals surface area contributed by atoms with Gasteiger partial charge in [0.25, 0.3) is 0 Å². The summed E-state index contributed by atoms with van der Waals surface area (Å²) in [5.41, 5.74) is 2.81. The number of carbonyl (C=O) groups excluding carboxylic acids is 3. The summed E-state index contributed by atoms with van der Waals surface area (Å²) in [5.74, 6) is -0.264. The molecule has 8 nitrogen and oxygen atoms in total. The van der Waals surface area contributed by atoms with E-state index in [1.165, 1.54) is 25.2 Å². The zero-order valence-corrected chi connectivity index (χ0v) is 17.4. The van der Waals surface area contributed by atoms with E-state index in [0.29, 0.717) is 28.5 Å². The van der Waals surface area contributed by atoms with Gasteiger partial charge in [-0.05, 0) is 44.7 Å². The van der Waals surface area contributed by atoms with Gasteiger partial charge in [0.1, 0.15) is 0 Å². The highest BCUT2D eigenvalue weighted by molar-refractivity contribution is 7.08. The Balaban J connectivity index is 1.57. The summed E-state index contributed by atoms with van der Waals surface area (Å²) in [5, 5.41) is 7.69. The number of hydrogen-bond acceptors (Lipinski definition) is 8. The van der Waals surface area contributed by atoms with E-state index in [9.17, 15) is 14.4 Å². The minimum atomic E-state index is -0.983. The highest BCUT2D eigenvalue weighted by atomic mass is 32.1. The maximum Gasteiger partial charge on any atom is 0.307 e.